The predicted molar refractivity (Wildman–Crippen MR) is 73.7 cm³/mol. The molecule has 19 heavy (non-hydrogen) atoms. The molecule has 0 radical (unpaired) electrons. The Bertz CT molecular complexity index is 413. The van der Waals surface area contributed by atoms with Gasteiger partial charge in [0.15, 0.2) is 0 Å². The summed E-state index contributed by atoms with van der Waals surface area (Å²) in [6.45, 7) is 4.29. The van der Waals surface area contributed by atoms with Crippen molar-refractivity contribution in [2.24, 2.45) is 5.41 Å². The minimum atomic E-state index is -0.635. The zero-order valence-corrected chi connectivity index (χ0v) is 11.5. The van der Waals surface area contributed by atoms with Crippen LogP contribution in [-0.2, 0) is 11.3 Å². The zero-order valence-electron chi connectivity index (χ0n) is 11.5. The van der Waals surface area contributed by atoms with E-state index in [1.165, 1.54) is 0 Å². The average molecular weight is 262 g/mol. The summed E-state index contributed by atoms with van der Waals surface area (Å²) in [6.07, 6.45) is 5.47. The zero-order chi connectivity index (χ0) is 13.7. The van der Waals surface area contributed by atoms with E-state index in [2.05, 4.69) is 16.8 Å². The Hall–Kier alpha value is -1.42. The normalized spacial score (nSPS) is 17.8. The van der Waals surface area contributed by atoms with Gasteiger partial charge in [-0.05, 0) is 31.5 Å². The molecule has 1 heterocycles. The number of rotatable bonds is 6. The van der Waals surface area contributed by atoms with E-state index in [0.29, 0.717) is 6.54 Å². The van der Waals surface area contributed by atoms with E-state index < -0.39 is 11.4 Å². The maximum atomic E-state index is 11.6. The second-order valence-electron chi connectivity index (χ2n) is 5.42. The highest BCUT2D eigenvalue weighted by Gasteiger charge is 2.42. The summed E-state index contributed by atoms with van der Waals surface area (Å²) >= 11 is 0. The van der Waals surface area contributed by atoms with E-state index in [4.69, 9.17) is 0 Å². The lowest BCUT2D eigenvalue weighted by Gasteiger charge is -2.31. The molecule has 0 saturated heterocycles. The van der Waals surface area contributed by atoms with Crippen molar-refractivity contribution < 1.29 is 9.90 Å². The van der Waals surface area contributed by atoms with E-state index >= 15 is 0 Å². The molecule has 4 heteroatoms. The van der Waals surface area contributed by atoms with E-state index in [9.17, 15) is 9.90 Å². The average Bonchev–Trinajstić information content (AvgIpc) is 2.89. The van der Waals surface area contributed by atoms with Crippen LogP contribution in [0.2, 0.25) is 0 Å². The standard InChI is InChI=1S/C15H22N2O2/c1-2-17(11-13-7-3-6-10-16-13)12-15(14(18)19)8-4-5-9-15/h3,6-7,10H,2,4-5,8-9,11-12H2,1H3,(H,18,19). The Labute approximate surface area is 114 Å². The van der Waals surface area contributed by atoms with Gasteiger partial charge in [0.2, 0.25) is 0 Å². The van der Waals surface area contributed by atoms with Gasteiger partial charge in [0.1, 0.15) is 0 Å². The van der Waals surface area contributed by atoms with Crippen LogP contribution in [0.15, 0.2) is 24.4 Å². The molecular formula is C15H22N2O2. The summed E-state index contributed by atoms with van der Waals surface area (Å²) in [5.41, 5.74) is 0.466. The van der Waals surface area contributed by atoms with Gasteiger partial charge in [0.05, 0.1) is 11.1 Å². The summed E-state index contributed by atoms with van der Waals surface area (Å²) in [4.78, 5) is 18.1. The van der Waals surface area contributed by atoms with Gasteiger partial charge in [-0.3, -0.25) is 14.7 Å². The number of carboxylic acids is 1. The molecule has 1 saturated carbocycles. The van der Waals surface area contributed by atoms with Gasteiger partial charge in [0.25, 0.3) is 0 Å². The molecule has 2 rings (SSSR count). The van der Waals surface area contributed by atoms with E-state index in [1.54, 1.807) is 6.20 Å². The minimum absolute atomic E-state index is 0.537. The first-order valence-electron chi connectivity index (χ1n) is 7.02. The van der Waals surface area contributed by atoms with Crippen molar-refractivity contribution in [2.45, 2.75) is 39.2 Å². The molecule has 0 aliphatic heterocycles. The molecule has 1 aliphatic carbocycles. The molecule has 0 spiro atoms. The molecular weight excluding hydrogens is 240 g/mol. The van der Waals surface area contributed by atoms with E-state index in [0.717, 1.165) is 44.5 Å². The van der Waals surface area contributed by atoms with Crippen LogP contribution >= 0.6 is 0 Å². The first-order chi connectivity index (χ1) is 9.16. The smallest absolute Gasteiger partial charge is 0.310 e. The third-order valence-corrected chi connectivity index (χ3v) is 4.10. The van der Waals surface area contributed by atoms with Crippen LogP contribution in [0.3, 0.4) is 0 Å². The first kappa shape index (κ1) is 14.0. The van der Waals surface area contributed by atoms with Crippen molar-refractivity contribution in [3.63, 3.8) is 0 Å². The highest BCUT2D eigenvalue weighted by atomic mass is 16.4. The maximum absolute atomic E-state index is 11.6. The van der Waals surface area contributed by atoms with Crippen LogP contribution in [-0.4, -0.2) is 34.0 Å². The van der Waals surface area contributed by atoms with Crippen molar-refractivity contribution in [1.82, 2.24) is 9.88 Å². The van der Waals surface area contributed by atoms with Crippen molar-refractivity contribution in [1.29, 1.82) is 0 Å². The molecule has 4 nitrogen and oxygen atoms in total. The topological polar surface area (TPSA) is 53.4 Å². The summed E-state index contributed by atoms with van der Waals surface area (Å²) in [5, 5.41) is 9.53. The van der Waals surface area contributed by atoms with Gasteiger partial charge < -0.3 is 5.11 Å². The van der Waals surface area contributed by atoms with Crippen LogP contribution in [0.1, 0.15) is 38.3 Å². The largest absolute Gasteiger partial charge is 0.481 e. The Kier molecular flexibility index (Phi) is 4.53. The van der Waals surface area contributed by atoms with Crippen LogP contribution in [0.4, 0.5) is 0 Å². The highest BCUT2D eigenvalue weighted by molar-refractivity contribution is 5.75. The SMILES string of the molecule is CCN(Cc1ccccn1)CC1(C(=O)O)CCCC1. The van der Waals surface area contributed by atoms with Crippen molar-refractivity contribution >= 4 is 5.97 Å². The van der Waals surface area contributed by atoms with Crippen molar-refractivity contribution in [3.8, 4) is 0 Å². The fourth-order valence-electron chi connectivity index (χ4n) is 2.92. The highest BCUT2D eigenvalue weighted by Crippen LogP contribution is 2.39. The molecule has 0 unspecified atom stereocenters. The number of nitrogens with zero attached hydrogens (tertiary/aromatic N) is 2. The van der Waals surface area contributed by atoms with Gasteiger partial charge in [-0.2, -0.15) is 0 Å². The van der Waals surface area contributed by atoms with Gasteiger partial charge >= 0.3 is 5.97 Å². The second-order valence-corrected chi connectivity index (χ2v) is 5.42. The minimum Gasteiger partial charge on any atom is -0.481 e. The third kappa shape index (κ3) is 3.32. The number of hydrogen-bond donors (Lipinski definition) is 1. The van der Waals surface area contributed by atoms with Gasteiger partial charge in [-0.1, -0.05) is 25.8 Å². The first-order valence-corrected chi connectivity index (χ1v) is 7.02. The summed E-state index contributed by atoms with van der Waals surface area (Å²) in [7, 11) is 0. The lowest BCUT2D eigenvalue weighted by Crippen LogP contribution is -2.41. The lowest BCUT2D eigenvalue weighted by molar-refractivity contribution is -0.150. The third-order valence-electron chi connectivity index (χ3n) is 4.10. The fourth-order valence-corrected chi connectivity index (χ4v) is 2.92. The van der Waals surface area contributed by atoms with Gasteiger partial charge in [-0.15, -0.1) is 0 Å². The lowest BCUT2D eigenvalue weighted by atomic mass is 9.85. The van der Waals surface area contributed by atoms with Crippen molar-refractivity contribution in [2.75, 3.05) is 13.1 Å². The van der Waals surface area contributed by atoms with Crippen molar-refractivity contribution in [3.05, 3.63) is 30.1 Å². The van der Waals surface area contributed by atoms with Crippen LogP contribution in [0, 0.1) is 5.41 Å². The number of aliphatic carboxylic acids is 1. The summed E-state index contributed by atoms with van der Waals surface area (Å²) in [5.74, 6) is -0.635. The molecule has 1 aromatic heterocycles. The molecule has 0 aromatic carbocycles. The number of hydrogen-bond acceptors (Lipinski definition) is 3. The summed E-state index contributed by atoms with van der Waals surface area (Å²) in [6, 6.07) is 5.86. The van der Waals surface area contributed by atoms with E-state index in [1.807, 2.05) is 18.2 Å². The monoisotopic (exact) mass is 262 g/mol. The van der Waals surface area contributed by atoms with Crippen LogP contribution < -0.4 is 0 Å². The molecule has 0 bridgehead atoms. The molecule has 1 aliphatic rings. The predicted octanol–water partition coefficient (Wildman–Crippen LogP) is 2.55. The molecule has 0 amide bonds. The Morgan fingerprint density at radius 3 is 2.68 bits per heavy atom. The molecule has 0 atom stereocenters. The number of aromatic nitrogens is 1. The Morgan fingerprint density at radius 2 is 2.16 bits per heavy atom. The maximum Gasteiger partial charge on any atom is 0.310 e. The fraction of sp³-hybridized carbons (Fsp3) is 0.600. The Balaban J connectivity index is 2.04. The Morgan fingerprint density at radius 1 is 1.42 bits per heavy atom. The molecule has 1 N–H and O–H groups in total. The van der Waals surface area contributed by atoms with E-state index in [-0.39, 0.29) is 0 Å². The van der Waals surface area contributed by atoms with Crippen LogP contribution in [0.25, 0.3) is 0 Å². The quantitative estimate of drug-likeness (QED) is 0.856. The van der Waals surface area contributed by atoms with Gasteiger partial charge in [0, 0.05) is 19.3 Å². The second kappa shape index (κ2) is 6.15. The number of carbonyl (C=O) groups is 1. The molecule has 1 aromatic rings. The summed E-state index contributed by atoms with van der Waals surface area (Å²) < 4.78 is 0. The van der Waals surface area contributed by atoms with Gasteiger partial charge in [-0.25, -0.2) is 0 Å². The molecule has 104 valence electrons. The number of carboxylic acid groups (broad SMARTS) is 1. The molecule has 1 fully saturated rings. The number of pyridine rings is 1. The van der Waals surface area contributed by atoms with Crippen LogP contribution in [0.5, 0.6) is 0 Å².